The lowest BCUT2D eigenvalue weighted by atomic mass is 9.59. The number of allylic oxidation sites excluding steroid dienone is 6. The molecule has 4 aliphatic rings. The Balaban J connectivity index is 1.47. The van der Waals surface area contributed by atoms with Crippen LogP contribution < -0.4 is 9.64 Å². The van der Waals surface area contributed by atoms with E-state index in [0.717, 1.165) is 5.57 Å². The largest absolute Gasteiger partial charge is 0.508 e. The maximum atomic E-state index is 14.0. The van der Waals surface area contributed by atoms with E-state index in [4.69, 9.17) is 4.74 Å². The van der Waals surface area contributed by atoms with Crippen LogP contribution in [0.4, 0.5) is 5.69 Å². The molecule has 2 aromatic carbocycles. The predicted molar refractivity (Wildman–Crippen MR) is 148 cm³/mol. The number of halogens is 1. The first kappa shape index (κ1) is 26.1. The summed E-state index contributed by atoms with van der Waals surface area (Å²) in [6, 6.07) is 11.0. The molecule has 0 saturated carbocycles. The van der Waals surface area contributed by atoms with Gasteiger partial charge >= 0.3 is 0 Å². The van der Waals surface area contributed by atoms with Crippen LogP contribution in [0.5, 0.6) is 11.5 Å². The van der Waals surface area contributed by atoms with Gasteiger partial charge in [0, 0.05) is 34.3 Å². The molecule has 6 rings (SSSR count). The van der Waals surface area contributed by atoms with Crippen molar-refractivity contribution in [3.8, 4) is 11.5 Å². The molecule has 0 spiro atoms. The number of hydrogen-bond donors (Lipinski definition) is 1. The predicted octanol–water partition coefficient (Wildman–Crippen LogP) is 4.57. The number of phenols is 1. The normalized spacial score (nSPS) is 25.7. The Bertz CT molecular complexity index is 1630. The SMILES string of the molecule is COc1ccc(O)c(C2C3=CCC4C(=O)N(c5ccc(C(C)=O)cc5)C(=O)C4C3CC3=C2C(=O)C=C(Br)C3=O)c1. The Hall–Kier alpha value is -4.11. The highest BCUT2D eigenvalue weighted by molar-refractivity contribution is 9.12. The molecule has 0 radical (unpaired) electrons. The number of ketones is 3. The van der Waals surface area contributed by atoms with Crippen LogP contribution in [0.25, 0.3) is 0 Å². The Kier molecular flexibility index (Phi) is 6.22. The number of ether oxygens (including phenoxy) is 1. The number of phenolic OH excluding ortho intramolecular Hbond substituents is 1. The van der Waals surface area contributed by atoms with Crippen LogP contribution in [0, 0.1) is 17.8 Å². The van der Waals surface area contributed by atoms with Gasteiger partial charge in [-0.1, -0.05) is 11.6 Å². The zero-order valence-electron chi connectivity index (χ0n) is 21.6. The number of imide groups is 1. The van der Waals surface area contributed by atoms with Gasteiger partial charge in [0.2, 0.25) is 11.8 Å². The molecular weight excluding hydrogens is 578 g/mol. The monoisotopic (exact) mass is 601 g/mol. The minimum atomic E-state index is -0.787. The summed E-state index contributed by atoms with van der Waals surface area (Å²) < 4.78 is 5.51. The third-order valence-electron chi connectivity index (χ3n) is 8.41. The number of benzene rings is 2. The molecule has 9 heteroatoms. The summed E-state index contributed by atoms with van der Waals surface area (Å²) in [5.41, 5.74) is 2.51. The van der Waals surface area contributed by atoms with Gasteiger partial charge in [0.25, 0.3) is 0 Å². The van der Waals surface area contributed by atoms with Crippen molar-refractivity contribution >= 4 is 50.8 Å². The molecule has 8 nitrogen and oxygen atoms in total. The number of methoxy groups -OCH3 is 1. The number of aromatic hydroxyl groups is 1. The highest BCUT2D eigenvalue weighted by Gasteiger charge is 2.57. The van der Waals surface area contributed by atoms with E-state index in [2.05, 4.69) is 15.9 Å². The van der Waals surface area contributed by atoms with Crippen molar-refractivity contribution in [1.82, 2.24) is 0 Å². The van der Waals surface area contributed by atoms with E-state index in [-0.39, 0.29) is 63.4 Å². The lowest BCUT2D eigenvalue weighted by molar-refractivity contribution is -0.123. The summed E-state index contributed by atoms with van der Waals surface area (Å²) in [5, 5.41) is 10.9. The lowest BCUT2D eigenvalue weighted by Crippen LogP contribution is -2.39. The van der Waals surface area contributed by atoms with Crippen LogP contribution >= 0.6 is 15.9 Å². The molecule has 2 amide bonds. The summed E-state index contributed by atoms with van der Waals surface area (Å²) in [6.45, 7) is 1.44. The first-order valence-electron chi connectivity index (χ1n) is 12.9. The maximum Gasteiger partial charge on any atom is 0.238 e. The number of amides is 2. The molecule has 1 fully saturated rings. The van der Waals surface area contributed by atoms with Crippen LogP contribution in [-0.2, 0) is 19.2 Å². The van der Waals surface area contributed by atoms with Crippen molar-refractivity contribution < 1.29 is 33.8 Å². The average Bonchev–Trinajstić information content (AvgIpc) is 3.20. The Labute approximate surface area is 238 Å². The molecule has 0 aromatic heterocycles. The van der Waals surface area contributed by atoms with Crippen LogP contribution in [-0.4, -0.2) is 41.4 Å². The molecule has 4 atom stereocenters. The quantitative estimate of drug-likeness (QED) is 0.236. The van der Waals surface area contributed by atoms with Crippen LogP contribution in [0.3, 0.4) is 0 Å². The van der Waals surface area contributed by atoms with Gasteiger partial charge in [0.1, 0.15) is 11.5 Å². The van der Waals surface area contributed by atoms with Gasteiger partial charge in [-0.15, -0.1) is 0 Å². The smallest absolute Gasteiger partial charge is 0.238 e. The summed E-state index contributed by atoms with van der Waals surface area (Å²) >= 11 is 3.21. The number of anilines is 1. The van der Waals surface area contributed by atoms with E-state index in [1.807, 2.05) is 6.08 Å². The standard InChI is InChI=1S/C31H24BrNO7/c1-14(34)15-3-5-16(6-4-15)33-30(38)19-9-8-18-20(27(19)31(33)39)12-22-28(25(36)13-23(32)29(22)37)26(18)21-11-17(40-2)7-10-24(21)35/h3-8,10-11,13,19-20,26-27,35H,9,12H2,1-2H3. The second kappa shape index (κ2) is 9.52. The number of Topliss-reactive ketones (excluding diaryl/α,β-unsaturated/α-hetero) is 2. The number of fused-ring (bicyclic) bond motifs is 3. The fraction of sp³-hybridized carbons (Fsp3) is 0.258. The van der Waals surface area contributed by atoms with Crippen molar-refractivity contribution in [3.63, 3.8) is 0 Å². The molecule has 1 saturated heterocycles. The van der Waals surface area contributed by atoms with Crippen molar-refractivity contribution in [2.45, 2.75) is 25.7 Å². The van der Waals surface area contributed by atoms with Gasteiger partial charge in [-0.25, -0.2) is 0 Å². The Morgan fingerprint density at radius 1 is 1.02 bits per heavy atom. The van der Waals surface area contributed by atoms with E-state index in [9.17, 15) is 29.1 Å². The third kappa shape index (κ3) is 3.83. The van der Waals surface area contributed by atoms with Gasteiger partial charge in [-0.3, -0.25) is 28.9 Å². The molecule has 4 unspecified atom stereocenters. The number of nitrogens with zero attached hydrogens (tertiary/aromatic N) is 1. The molecule has 40 heavy (non-hydrogen) atoms. The first-order valence-corrected chi connectivity index (χ1v) is 13.7. The lowest BCUT2D eigenvalue weighted by Gasteiger charge is -2.42. The second-order valence-electron chi connectivity index (χ2n) is 10.4. The van der Waals surface area contributed by atoms with Crippen LogP contribution in [0.2, 0.25) is 0 Å². The Morgan fingerprint density at radius 3 is 2.42 bits per heavy atom. The fourth-order valence-corrected chi connectivity index (χ4v) is 7.00. The topological polar surface area (TPSA) is 118 Å². The minimum Gasteiger partial charge on any atom is -0.508 e. The van der Waals surface area contributed by atoms with Gasteiger partial charge in [-0.05, 0) is 84.1 Å². The molecule has 1 heterocycles. The molecule has 202 valence electrons. The summed E-state index contributed by atoms with van der Waals surface area (Å²) in [4.78, 5) is 67.1. The zero-order chi connectivity index (χ0) is 28.5. The minimum absolute atomic E-state index is 0.0730. The van der Waals surface area contributed by atoms with Gasteiger partial charge in [-0.2, -0.15) is 0 Å². The van der Waals surface area contributed by atoms with E-state index < -0.39 is 23.7 Å². The average molecular weight is 602 g/mol. The summed E-state index contributed by atoms with van der Waals surface area (Å²) in [5.74, 6) is -3.88. The number of hydrogen-bond acceptors (Lipinski definition) is 7. The molecule has 2 aromatic rings. The van der Waals surface area contributed by atoms with Crippen LogP contribution in [0.1, 0.15) is 41.6 Å². The number of carbonyl (C=O) groups is 5. The zero-order valence-corrected chi connectivity index (χ0v) is 23.2. The van der Waals surface area contributed by atoms with Crippen molar-refractivity contribution in [1.29, 1.82) is 0 Å². The molecular formula is C31H24BrNO7. The Morgan fingerprint density at radius 2 is 1.75 bits per heavy atom. The van der Waals surface area contributed by atoms with Crippen molar-refractivity contribution in [2.75, 3.05) is 12.0 Å². The van der Waals surface area contributed by atoms with E-state index >= 15 is 0 Å². The van der Waals surface area contributed by atoms with E-state index in [1.54, 1.807) is 36.4 Å². The fourth-order valence-electron chi connectivity index (χ4n) is 6.55. The second-order valence-corrected chi connectivity index (χ2v) is 11.3. The molecule has 0 bridgehead atoms. The van der Waals surface area contributed by atoms with Gasteiger partial charge < -0.3 is 9.84 Å². The summed E-state index contributed by atoms with van der Waals surface area (Å²) in [7, 11) is 1.49. The summed E-state index contributed by atoms with van der Waals surface area (Å²) in [6.07, 6.45) is 3.52. The van der Waals surface area contributed by atoms with E-state index in [1.165, 1.54) is 31.1 Å². The van der Waals surface area contributed by atoms with Gasteiger partial charge in [0.15, 0.2) is 17.3 Å². The highest BCUT2D eigenvalue weighted by atomic mass is 79.9. The number of carbonyl (C=O) groups excluding carboxylic acids is 5. The molecule has 1 aliphatic heterocycles. The van der Waals surface area contributed by atoms with Crippen LogP contribution in [0.15, 0.2) is 75.8 Å². The maximum absolute atomic E-state index is 14.0. The molecule has 3 aliphatic carbocycles. The molecule has 1 N–H and O–H groups in total. The van der Waals surface area contributed by atoms with Crippen molar-refractivity contribution in [2.24, 2.45) is 17.8 Å². The van der Waals surface area contributed by atoms with E-state index in [0.29, 0.717) is 22.6 Å². The van der Waals surface area contributed by atoms with Gasteiger partial charge in [0.05, 0.1) is 29.1 Å². The van der Waals surface area contributed by atoms with Crippen molar-refractivity contribution in [3.05, 3.63) is 86.9 Å². The highest BCUT2D eigenvalue weighted by Crippen LogP contribution is 2.56. The first-order chi connectivity index (χ1) is 19.1. The third-order valence-corrected chi connectivity index (χ3v) is 9.00. The number of rotatable bonds is 4.